The molecule has 25 heavy (non-hydrogen) atoms. The zero-order valence-corrected chi connectivity index (χ0v) is 12.8. The van der Waals surface area contributed by atoms with Crippen LogP contribution in [0.25, 0.3) is 0 Å². The zero-order valence-electron chi connectivity index (χ0n) is 12.8. The molecule has 0 saturated carbocycles. The summed E-state index contributed by atoms with van der Waals surface area (Å²) in [5.74, 6) is -1.09. The van der Waals surface area contributed by atoms with Crippen LogP contribution in [0.2, 0.25) is 0 Å². The molecule has 2 heterocycles. The molecule has 0 aliphatic heterocycles. The number of hydrogen-bond donors (Lipinski definition) is 4. The molecule has 2 aromatic rings. The van der Waals surface area contributed by atoms with Crippen LogP contribution in [0.3, 0.4) is 0 Å². The monoisotopic (exact) mass is 348 g/mol. The Morgan fingerprint density at radius 1 is 0.760 bits per heavy atom. The Hall–Kier alpha value is -4.00. The van der Waals surface area contributed by atoms with Crippen LogP contribution in [0.5, 0.6) is 0 Å². The van der Waals surface area contributed by atoms with Crippen molar-refractivity contribution in [2.75, 3.05) is 11.5 Å². The second-order valence-corrected chi connectivity index (χ2v) is 3.75. The van der Waals surface area contributed by atoms with Crippen LogP contribution in [0.1, 0.15) is 21.0 Å². The summed E-state index contributed by atoms with van der Waals surface area (Å²) >= 11 is 0. The number of anilines is 2. The largest absolute Gasteiger partial charge is 0.412 e. The van der Waals surface area contributed by atoms with Crippen LogP contribution in [0, 0.1) is 0 Å². The second-order valence-electron chi connectivity index (χ2n) is 3.75. The maximum atomic E-state index is 11.0. The van der Waals surface area contributed by atoms with Gasteiger partial charge in [-0.05, 0) is 0 Å². The molecule has 0 radical (unpaired) electrons. The van der Waals surface area contributed by atoms with Gasteiger partial charge in [-0.3, -0.25) is 9.59 Å². The quantitative estimate of drug-likeness (QED) is 0.329. The van der Waals surface area contributed by atoms with E-state index in [0.717, 1.165) is 12.7 Å². The highest BCUT2D eigenvalue weighted by atomic mass is 16.2. The van der Waals surface area contributed by atoms with Crippen molar-refractivity contribution in [1.29, 1.82) is 0 Å². The smallest absolute Gasteiger partial charge is 0.300 e. The molecule has 2 rings (SSSR count). The van der Waals surface area contributed by atoms with Crippen LogP contribution in [-0.4, -0.2) is 49.9 Å². The topological polar surface area (TPSA) is 246 Å². The minimum atomic E-state index is -0.594. The summed E-state index contributed by atoms with van der Waals surface area (Å²) in [5.41, 5.74) is 20.5. The first-order valence-electron chi connectivity index (χ1n) is 6.21. The molecule has 0 bridgehead atoms. The van der Waals surface area contributed by atoms with Crippen molar-refractivity contribution in [3.8, 4) is 0 Å². The highest BCUT2D eigenvalue weighted by Gasteiger charge is 2.09. The van der Waals surface area contributed by atoms with Crippen LogP contribution in [0.4, 0.5) is 11.6 Å². The predicted molar refractivity (Wildman–Crippen MR) is 90.5 cm³/mol. The van der Waals surface area contributed by atoms with Crippen LogP contribution < -0.4 is 22.9 Å². The molecule has 0 aromatic carbocycles. The summed E-state index contributed by atoms with van der Waals surface area (Å²) in [6.07, 6.45) is 7.26. The van der Waals surface area contributed by atoms with E-state index in [1.54, 1.807) is 0 Å². The molecule has 0 unspecified atom stereocenters. The summed E-state index contributed by atoms with van der Waals surface area (Å²) in [4.78, 5) is 43.3. The van der Waals surface area contributed by atoms with Gasteiger partial charge >= 0.3 is 11.8 Å². The molecule has 0 aliphatic rings. The van der Waals surface area contributed by atoms with Gasteiger partial charge < -0.3 is 28.4 Å². The molecular formula is C12H16N10O3. The second kappa shape index (κ2) is 10.7. The average Bonchev–Trinajstić information content (AvgIpc) is 2.56. The number of aromatic nitrogens is 4. The van der Waals surface area contributed by atoms with Crippen molar-refractivity contribution in [3.63, 3.8) is 0 Å². The lowest BCUT2D eigenvalue weighted by atomic mass is 10.4. The van der Waals surface area contributed by atoms with Crippen molar-refractivity contribution >= 4 is 36.1 Å². The number of nitrogen functional groups attached to an aromatic ring is 2. The summed E-state index contributed by atoms with van der Waals surface area (Å²) in [6.45, 7) is 0. The van der Waals surface area contributed by atoms with Gasteiger partial charge in [0.1, 0.15) is 0 Å². The Morgan fingerprint density at radius 2 is 1.08 bits per heavy atom. The van der Waals surface area contributed by atoms with Crippen molar-refractivity contribution in [1.82, 2.24) is 19.9 Å². The van der Waals surface area contributed by atoms with E-state index in [2.05, 4.69) is 29.9 Å². The number of carbonyl (C=O) groups is 2. The van der Waals surface area contributed by atoms with Gasteiger partial charge in [0.15, 0.2) is 23.0 Å². The minimum absolute atomic E-state index is 0. The summed E-state index contributed by atoms with van der Waals surface area (Å²) < 4.78 is 0. The normalized spacial score (nSPS) is 9.92. The van der Waals surface area contributed by atoms with Gasteiger partial charge in [-0.15, -0.1) is 0 Å². The van der Waals surface area contributed by atoms with Gasteiger partial charge in [0.05, 0.1) is 12.7 Å². The van der Waals surface area contributed by atoms with Gasteiger partial charge in [0.2, 0.25) is 0 Å². The average molecular weight is 348 g/mol. The fraction of sp³-hybridized carbons (Fsp3) is 0. The number of hydrogen-bond acceptors (Lipinski definition) is 8. The number of carbonyl (C=O) groups excluding carboxylic acids is 2. The van der Waals surface area contributed by atoms with Crippen molar-refractivity contribution in [3.05, 3.63) is 36.2 Å². The minimum Gasteiger partial charge on any atom is -0.412 e. The highest BCUT2D eigenvalue weighted by Crippen LogP contribution is 2.04. The van der Waals surface area contributed by atoms with E-state index in [-0.39, 0.29) is 28.5 Å². The van der Waals surface area contributed by atoms with Gasteiger partial charge in [0.25, 0.3) is 0 Å². The molecule has 0 aliphatic carbocycles. The van der Waals surface area contributed by atoms with Gasteiger partial charge in [-0.2, -0.15) is 9.98 Å². The van der Waals surface area contributed by atoms with E-state index >= 15 is 0 Å². The Balaban J connectivity index is 0.000000443. The van der Waals surface area contributed by atoms with E-state index in [1.807, 2.05) is 0 Å². The Labute approximate surface area is 141 Å². The SMILES string of the molecule is NC=NC(=O)c1nccnc1N.NC=NC(=O)c1nccnc1N.O. The lowest BCUT2D eigenvalue weighted by molar-refractivity contribution is 0.0991. The molecule has 0 atom stereocenters. The molecule has 13 heteroatoms. The molecule has 2 amide bonds. The molecule has 10 N–H and O–H groups in total. The first-order valence-corrected chi connectivity index (χ1v) is 6.21. The van der Waals surface area contributed by atoms with Crippen molar-refractivity contribution in [2.24, 2.45) is 21.5 Å². The Bertz CT molecular complexity index is 712. The standard InChI is InChI=1S/2C6H7N5O.H2O/c2*7-3-11-6(12)4-5(8)10-2-1-9-4;/h2*1-3H,(H2,8,10)(H2,7,11,12);1H2. The third-order valence-corrected chi connectivity index (χ3v) is 2.24. The fourth-order valence-electron chi connectivity index (χ4n) is 1.28. The molecule has 0 saturated heterocycles. The lowest BCUT2D eigenvalue weighted by Gasteiger charge is -1.95. The van der Waals surface area contributed by atoms with Gasteiger partial charge in [-0.1, -0.05) is 0 Å². The first-order chi connectivity index (χ1) is 11.5. The number of aliphatic imine (C=N–C) groups is 2. The predicted octanol–water partition coefficient (Wildman–Crippen LogP) is -2.45. The first kappa shape index (κ1) is 21.0. The van der Waals surface area contributed by atoms with Crippen molar-refractivity contribution in [2.45, 2.75) is 0 Å². The van der Waals surface area contributed by atoms with Gasteiger partial charge in [-0.25, -0.2) is 19.9 Å². The van der Waals surface area contributed by atoms with E-state index in [1.165, 1.54) is 24.8 Å². The molecule has 13 nitrogen and oxygen atoms in total. The third-order valence-electron chi connectivity index (χ3n) is 2.24. The maximum Gasteiger partial charge on any atom is 0.300 e. The summed E-state index contributed by atoms with van der Waals surface area (Å²) in [7, 11) is 0. The molecule has 0 spiro atoms. The lowest BCUT2D eigenvalue weighted by Crippen LogP contribution is -2.07. The molecular weight excluding hydrogens is 332 g/mol. The third kappa shape index (κ3) is 6.33. The maximum absolute atomic E-state index is 11.0. The number of amides is 2. The summed E-state index contributed by atoms with van der Waals surface area (Å²) in [5, 5.41) is 0. The number of nitrogens with two attached hydrogens (primary N) is 4. The molecule has 0 fully saturated rings. The Kier molecular flexibility index (Phi) is 8.97. The van der Waals surface area contributed by atoms with Crippen LogP contribution in [-0.2, 0) is 0 Å². The molecule has 132 valence electrons. The van der Waals surface area contributed by atoms with E-state index in [4.69, 9.17) is 22.9 Å². The Morgan fingerprint density at radius 3 is 1.36 bits per heavy atom. The van der Waals surface area contributed by atoms with E-state index < -0.39 is 11.8 Å². The zero-order chi connectivity index (χ0) is 17.9. The number of rotatable bonds is 2. The van der Waals surface area contributed by atoms with E-state index in [9.17, 15) is 9.59 Å². The number of nitrogens with zero attached hydrogens (tertiary/aromatic N) is 6. The fourth-order valence-corrected chi connectivity index (χ4v) is 1.28. The van der Waals surface area contributed by atoms with Gasteiger partial charge in [0, 0.05) is 24.8 Å². The van der Waals surface area contributed by atoms with Crippen LogP contribution >= 0.6 is 0 Å². The van der Waals surface area contributed by atoms with Crippen molar-refractivity contribution < 1.29 is 15.1 Å². The summed E-state index contributed by atoms with van der Waals surface area (Å²) in [6, 6.07) is 0. The van der Waals surface area contributed by atoms with Crippen LogP contribution in [0.15, 0.2) is 34.8 Å². The van der Waals surface area contributed by atoms with E-state index in [0.29, 0.717) is 0 Å². The highest BCUT2D eigenvalue weighted by molar-refractivity contribution is 6.00. The molecule has 2 aromatic heterocycles.